The minimum absolute atomic E-state index is 0.121. The van der Waals surface area contributed by atoms with Crippen molar-refractivity contribution in [2.75, 3.05) is 18.4 Å². The summed E-state index contributed by atoms with van der Waals surface area (Å²) in [5.74, 6) is -0.121. The molecule has 0 aliphatic carbocycles. The van der Waals surface area contributed by atoms with E-state index in [9.17, 15) is 4.79 Å². The van der Waals surface area contributed by atoms with Crippen molar-refractivity contribution in [3.63, 3.8) is 0 Å². The molecule has 1 aliphatic heterocycles. The predicted octanol–water partition coefficient (Wildman–Crippen LogP) is 3.31. The van der Waals surface area contributed by atoms with E-state index in [2.05, 4.69) is 29.0 Å². The Morgan fingerprint density at radius 1 is 1.29 bits per heavy atom. The van der Waals surface area contributed by atoms with Crippen LogP contribution in [0, 0.1) is 6.92 Å². The van der Waals surface area contributed by atoms with Crippen LogP contribution < -0.4 is 5.32 Å². The maximum absolute atomic E-state index is 12.2. The number of carbonyl (C=O) groups is 1. The second kappa shape index (κ2) is 7.42. The predicted molar refractivity (Wildman–Crippen MR) is 96.5 cm³/mol. The quantitative estimate of drug-likeness (QED) is 0.924. The summed E-state index contributed by atoms with van der Waals surface area (Å²) < 4.78 is 5.75. The molecule has 2 aromatic rings. The number of hydrogen-bond acceptors (Lipinski definition) is 5. The normalized spacial score (nSPS) is 21.6. The van der Waals surface area contributed by atoms with Crippen LogP contribution in [0.2, 0.25) is 0 Å². The van der Waals surface area contributed by atoms with Gasteiger partial charge in [0.15, 0.2) is 5.13 Å². The molecule has 6 heteroatoms. The molecule has 24 heavy (non-hydrogen) atoms. The Bertz CT molecular complexity index is 689. The first-order valence-electron chi connectivity index (χ1n) is 8.20. The maximum atomic E-state index is 12.2. The molecule has 1 amide bonds. The number of morpholine rings is 1. The molecule has 1 saturated heterocycles. The lowest BCUT2D eigenvalue weighted by atomic mass is 10.1. The van der Waals surface area contributed by atoms with Crippen LogP contribution in [0.25, 0.3) is 0 Å². The van der Waals surface area contributed by atoms with Gasteiger partial charge in [-0.25, -0.2) is 4.98 Å². The molecule has 3 rings (SSSR count). The summed E-state index contributed by atoms with van der Waals surface area (Å²) in [7, 11) is 0. The first kappa shape index (κ1) is 17.1. The summed E-state index contributed by atoms with van der Waals surface area (Å²) in [6.45, 7) is 8.80. The Labute approximate surface area is 146 Å². The van der Waals surface area contributed by atoms with Crippen LogP contribution in [-0.4, -0.2) is 41.1 Å². The first-order chi connectivity index (χ1) is 11.5. The fourth-order valence-corrected chi connectivity index (χ4v) is 3.65. The number of benzene rings is 1. The average molecular weight is 345 g/mol. The van der Waals surface area contributed by atoms with Gasteiger partial charge in [0.05, 0.1) is 17.9 Å². The van der Waals surface area contributed by atoms with Gasteiger partial charge in [-0.3, -0.25) is 15.0 Å². The third-order valence-corrected chi connectivity index (χ3v) is 4.77. The van der Waals surface area contributed by atoms with E-state index in [4.69, 9.17) is 4.74 Å². The highest BCUT2D eigenvalue weighted by Crippen LogP contribution is 2.20. The summed E-state index contributed by atoms with van der Waals surface area (Å²) in [4.78, 5) is 19.1. The number of carbonyl (C=O) groups excluding carboxylic acids is 1. The summed E-state index contributed by atoms with van der Waals surface area (Å²) in [5, 5.41) is 5.53. The topological polar surface area (TPSA) is 54.5 Å². The number of amides is 1. The van der Waals surface area contributed by atoms with Gasteiger partial charge >= 0.3 is 0 Å². The Morgan fingerprint density at radius 2 is 1.96 bits per heavy atom. The van der Waals surface area contributed by atoms with E-state index < -0.39 is 0 Å². The molecule has 0 spiro atoms. The summed E-state index contributed by atoms with van der Waals surface area (Å²) in [6.07, 6.45) is 0.487. The maximum Gasteiger partial charge on any atom is 0.257 e. The highest BCUT2D eigenvalue weighted by atomic mass is 32.1. The van der Waals surface area contributed by atoms with Gasteiger partial charge in [0, 0.05) is 30.6 Å². The molecule has 1 aromatic carbocycles. The zero-order valence-corrected chi connectivity index (χ0v) is 15.1. The third-order valence-electron chi connectivity index (χ3n) is 3.97. The van der Waals surface area contributed by atoms with E-state index >= 15 is 0 Å². The van der Waals surface area contributed by atoms with Gasteiger partial charge in [0.1, 0.15) is 0 Å². The second-order valence-corrected chi connectivity index (χ2v) is 7.27. The van der Waals surface area contributed by atoms with Crippen molar-refractivity contribution in [2.45, 2.75) is 39.5 Å². The monoisotopic (exact) mass is 345 g/mol. The molecule has 0 saturated carbocycles. The van der Waals surface area contributed by atoms with E-state index in [0.717, 1.165) is 30.9 Å². The van der Waals surface area contributed by atoms with Crippen LogP contribution in [-0.2, 0) is 11.3 Å². The van der Waals surface area contributed by atoms with Gasteiger partial charge in [-0.1, -0.05) is 17.7 Å². The van der Waals surface area contributed by atoms with Crippen molar-refractivity contribution in [2.24, 2.45) is 0 Å². The second-order valence-electron chi connectivity index (χ2n) is 6.42. The molecule has 1 fully saturated rings. The Balaban J connectivity index is 1.59. The minimum atomic E-state index is -0.121. The van der Waals surface area contributed by atoms with Crippen molar-refractivity contribution in [1.82, 2.24) is 9.88 Å². The van der Waals surface area contributed by atoms with Gasteiger partial charge in [0.2, 0.25) is 0 Å². The zero-order chi connectivity index (χ0) is 17.1. The molecule has 1 N–H and O–H groups in total. The van der Waals surface area contributed by atoms with Crippen LogP contribution in [0.5, 0.6) is 0 Å². The van der Waals surface area contributed by atoms with Crippen LogP contribution in [0.4, 0.5) is 5.13 Å². The number of ether oxygens (including phenoxy) is 1. The Hall–Kier alpha value is -1.76. The van der Waals surface area contributed by atoms with E-state index in [1.165, 1.54) is 11.3 Å². The van der Waals surface area contributed by atoms with Crippen molar-refractivity contribution >= 4 is 22.4 Å². The van der Waals surface area contributed by atoms with Crippen LogP contribution in [0.1, 0.15) is 35.5 Å². The summed E-state index contributed by atoms with van der Waals surface area (Å²) in [6, 6.07) is 7.53. The lowest BCUT2D eigenvalue weighted by Crippen LogP contribution is -2.44. The molecule has 0 bridgehead atoms. The Morgan fingerprint density at radius 3 is 2.62 bits per heavy atom. The van der Waals surface area contributed by atoms with E-state index in [-0.39, 0.29) is 18.1 Å². The van der Waals surface area contributed by atoms with E-state index in [1.54, 1.807) is 0 Å². The number of nitrogens with one attached hydrogen (secondary N) is 1. The van der Waals surface area contributed by atoms with Crippen LogP contribution >= 0.6 is 11.3 Å². The molecule has 2 atom stereocenters. The number of hydrogen-bond donors (Lipinski definition) is 1. The first-order valence-corrected chi connectivity index (χ1v) is 9.08. The number of aryl methyl sites for hydroxylation is 1. The molecule has 1 aromatic heterocycles. The van der Waals surface area contributed by atoms with Crippen LogP contribution in [0.3, 0.4) is 0 Å². The number of rotatable bonds is 4. The highest BCUT2D eigenvalue weighted by Gasteiger charge is 2.22. The number of aromatic nitrogens is 1. The average Bonchev–Trinajstić information content (AvgIpc) is 2.93. The molecular weight excluding hydrogens is 322 g/mol. The lowest BCUT2D eigenvalue weighted by Gasteiger charge is -2.34. The third kappa shape index (κ3) is 4.41. The number of nitrogens with zero attached hydrogens (tertiary/aromatic N) is 2. The molecule has 128 valence electrons. The molecule has 2 heterocycles. The molecule has 5 nitrogen and oxygen atoms in total. The number of thiazole rings is 1. The molecule has 0 radical (unpaired) electrons. The van der Waals surface area contributed by atoms with Gasteiger partial charge in [0.25, 0.3) is 5.91 Å². The molecule has 2 unspecified atom stereocenters. The summed E-state index contributed by atoms with van der Waals surface area (Å²) >= 11 is 1.46. The number of anilines is 1. The Kier molecular flexibility index (Phi) is 5.28. The van der Waals surface area contributed by atoms with Gasteiger partial charge in [-0.2, -0.15) is 0 Å². The van der Waals surface area contributed by atoms with E-state index in [1.807, 2.05) is 36.6 Å². The van der Waals surface area contributed by atoms with E-state index in [0.29, 0.717) is 10.7 Å². The van der Waals surface area contributed by atoms with Crippen molar-refractivity contribution < 1.29 is 9.53 Å². The SMILES string of the molecule is Cc1ccc(C(=O)Nc2nc(CN3CC(C)OC(C)C3)cs2)cc1. The van der Waals surface area contributed by atoms with Gasteiger partial charge < -0.3 is 4.74 Å². The van der Waals surface area contributed by atoms with Crippen molar-refractivity contribution in [3.8, 4) is 0 Å². The fourth-order valence-electron chi connectivity index (χ4n) is 2.95. The van der Waals surface area contributed by atoms with Gasteiger partial charge in [-0.15, -0.1) is 11.3 Å². The zero-order valence-electron chi connectivity index (χ0n) is 14.3. The molecular formula is C18H23N3O2S. The summed E-state index contributed by atoms with van der Waals surface area (Å²) in [5.41, 5.74) is 2.77. The fraction of sp³-hybridized carbons (Fsp3) is 0.444. The highest BCUT2D eigenvalue weighted by molar-refractivity contribution is 7.13. The van der Waals surface area contributed by atoms with Crippen molar-refractivity contribution in [3.05, 3.63) is 46.5 Å². The largest absolute Gasteiger partial charge is 0.373 e. The van der Waals surface area contributed by atoms with Crippen molar-refractivity contribution in [1.29, 1.82) is 0 Å². The van der Waals surface area contributed by atoms with Gasteiger partial charge in [-0.05, 0) is 32.9 Å². The standard InChI is InChI=1S/C18H23N3O2S/c1-12-4-6-15(7-5-12)17(22)20-18-19-16(11-24-18)10-21-8-13(2)23-14(3)9-21/h4-7,11,13-14H,8-10H2,1-3H3,(H,19,20,22). The minimum Gasteiger partial charge on any atom is -0.373 e. The van der Waals surface area contributed by atoms with Crippen LogP contribution in [0.15, 0.2) is 29.6 Å². The molecule has 1 aliphatic rings. The smallest absolute Gasteiger partial charge is 0.257 e. The lowest BCUT2D eigenvalue weighted by molar-refractivity contribution is -0.0707.